The topological polar surface area (TPSA) is 136 Å². The molecule has 2 fully saturated rings. The second kappa shape index (κ2) is 8.56. The zero-order chi connectivity index (χ0) is 21.1. The van der Waals surface area contributed by atoms with Crippen molar-refractivity contribution in [3.05, 3.63) is 33.3 Å². The van der Waals surface area contributed by atoms with E-state index in [1.165, 1.54) is 12.1 Å². The molecule has 1 saturated carbocycles. The van der Waals surface area contributed by atoms with Crippen LogP contribution in [0.3, 0.4) is 0 Å². The van der Waals surface area contributed by atoms with Crippen molar-refractivity contribution in [3.63, 3.8) is 0 Å². The fraction of sp³-hybridized carbons (Fsp3) is 0.444. The third kappa shape index (κ3) is 4.53. The Kier molecular flexibility index (Phi) is 6.12. The van der Waals surface area contributed by atoms with E-state index in [0.717, 1.165) is 23.8 Å². The average molecular weight is 424 g/mol. The summed E-state index contributed by atoms with van der Waals surface area (Å²) in [5, 5.41) is 13.2. The molecule has 0 aromatic heterocycles. The molecule has 1 aromatic carbocycles. The Balaban J connectivity index is 1.52. The van der Waals surface area contributed by atoms with E-state index in [0.29, 0.717) is 12.8 Å². The molecule has 1 N–H and O–H groups in total. The van der Waals surface area contributed by atoms with Gasteiger partial charge in [-0.05, 0) is 18.9 Å². The second-order valence-electron chi connectivity index (χ2n) is 6.89. The first kappa shape index (κ1) is 20.7. The predicted molar refractivity (Wildman–Crippen MR) is 99.9 cm³/mol. The monoisotopic (exact) mass is 423 g/mol. The van der Waals surface area contributed by atoms with E-state index in [1.807, 2.05) is 0 Å². The fourth-order valence-electron chi connectivity index (χ4n) is 3.62. The number of carbonyl (C=O) groups excluding carboxylic acids is 4. The van der Waals surface area contributed by atoms with Gasteiger partial charge in [-0.2, -0.15) is 0 Å². The van der Waals surface area contributed by atoms with Crippen LogP contribution in [0, 0.1) is 22.0 Å². The maximum atomic E-state index is 12.3. The van der Waals surface area contributed by atoms with E-state index >= 15 is 0 Å². The Morgan fingerprint density at radius 3 is 2.41 bits per heavy atom. The first-order valence-electron chi connectivity index (χ1n) is 9.02. The van der Waals surface area contributed by atoms with Crippen molar-refractivity contribution >= 4 is 46.7 Å². The van der Waals surface area contributed by atoms with Crippen LogP contribution in [0.25, 0.3) is 0 Å². The third-order valence-electron chi connectivity index (χ3n) is 5.02. The van der Waals surface area contributed by atoms with Crippen LogP contribution in [0.4, 0.5) is 11.4 Å². The van der Waals surface area contributed by atoms with E-state index in [4.69, 9.17) is 16.3 Å². The van der Waals surface area contributed by atoms with Gasteiger partial charge in [-0.15, -0.1) is 0 Å². The number of esters is 1. The van der Waals surface area contributed by atoms with E-state index in [-0.39, 0.29) is 40.0 Å². The zero-order valence-corrected chi connectivity index (χ0v) is 16.0. The molecule has 0 spiro atoms. The van der Waals surface area contributed by atoms with Crippen molar-refractivity contribution in [2.24, 2.45) is 11.8 Å². The highest BCUT2D eigenvalue weighted by Crippen LogP contribution is 2.37. The highest BCUT2D eigenvalue weighted by molar-refractivity contribution is 6.33. The van der Waals surface area contributed by atoms with Gasteiger partial charge >= 0.3 is 5.97 Å². The standard InChI is InChI=1S/C18H18ClN3O7/c19-13-6-5-10(22(27)28)7-14(13)20-15(23)9-29-16(24)8-21-17(25)11-3-1-2-4-12(11)18(21)26/h5-7,11-12H,1-4,8-9H2,(H,20,23)/t11-,12-/m1/s1. The molecule has 11 heteroatoms. The minimum absolute atomic E-state index is 0.00381. The lowest BCUT2D eigenvalue weighted by Gasteiger charge is -2.19. The Hall–Kier alpha value is -3.01. The molecule has 154 valence electrons. The van der Waals surface area contributed by atoms with Crippen LogP contribution >= 0.6 is 11.6 Å². The Morgan fingerprint density at radius 2 is 1.83 bits per heavy atom. The summed E-state index contributed by atoms with van der Waals surface area (Å²) < 4.78 is 4.83. The number of nitro benzene ring substituents is 1. The number of hydrogen-bond donors (Lipinski definition) is 1. The number of halogens is 1. The van der Waals surface area contributed by atoms with Crippen molar-refractivity contribution < 1.29 is 28.8 Å². The number of nitrogens with one attached hydrogen (secondary N) is 1. The van der Waals surface area contributed by atoms with Crippen molar-refractivity contribution in [1.29, 1.82) is 0 Å². The normalized spacial score (nSPS) is 20.9. The number of non-ortho nitro benzene ring substituents is 1. The number of amides is 3. The molecule has 2 atom stereocenters. The quantitative estimate of drug-likeness (QED) is 0.319. The molecule has 29 heavy (non-hydrogen) atoms. The number of rotatable bonds is 6. The number of imide groups is 1. The smallest absolute Gasteiger partial charge is 0.326 e. The lowest BCUT2D eigenvalue weighted by atomic mass is 9.81. The number of nitrogens with zero attached hydrogens (tertiary/aromatic N) is 2. The van der Waals surface area contributed by atoms with E-state index in [1.54, 1.807) is 0 Å². The molecule has 1 aromatic rings. The largest absolute Gasteiger partial charge is 0.454 e. The first-order valence-corrected chi connectivity index (χ1v) is 9.40. The van der Waals surface area contributed by atoms with Gasteiger partial charge in [0.2, 0.25) is 11.8 Å². The lowest BCUT2D eigenvalue weighted by molar-refractivity contribution is -0.384. The Bertz CT molecular complexity index is 864. The van der Waals surface area contributed by atoms with Gasteiger partial charge in [-0.3, -0.25) is 34.2 Å². The summed E-state index contributed by atoms with van der Waals surface area (Å²) in [5.74, 6) is -3.15. The molecule has 1 saturated heterocycles. The number of fused-ring (bicyclic) bond motifs is 1. The predicted octanol–water partition coefficient (Wildman–Crippen LogP) is 1.91. The van der Waals surface area contributed by atoms with Gasteiger partial charge in [-0.1, -0.05) is 24.4 Å². The third-order valence-corrected chi connectivity index (χ3v) is 5.35. The molecule has 0 unspecified atom stereocenters. The summed E-state index contributed by atoms with van der Waals surface area (Å²) in [4.78, 5) is 59.7. The SMILES string of the molecule is O=C(COC(=O)CN1C(=O)[C@@H]2CCCC[C@H]2C1=O)Nc1cc([N+](=O)[O-])ccc1Cl. The van der Waals surface area contributed by atoms with Crippen molar-refractivity contribution in [2.75, 3.05) is 18.5 Å². The van der Waals surface area contributed by atoms with Gasteiger partial charge in [-0.25, -0.2) is 0 Å². The van der Waals surface area contributed by atoms with Gasteiger partial charge < -0.3 is 10.1 Å². The molecule has 0 bridgehead atoms. The molecule has 1 heterocycles. The molecular weight excluding hydrogens is 406 g/mol. The highest BCUT2D eigenvalue weighted by Gasteiger charge is 2.48. The number of carbonyl (C=O) groups is 4. The minimum Gasteiger partial charge on any atom is -0.454 e. The maximum absolute atomic E-state index is 12.3. The Morgan fingerprint density at radius 1 is 1.21 bits per heavy atom. The lowest BCUT2D eigenvalue weighted by Crippen LogP contribution is -2.37. The summed E-state index contributed by atoms with van der Waals surface area (Å²) in [6, 6.07) is 3.51. The number of hydrogen-bond acceptors (Lipinski definition) is 7. The molecule has 3 rings (SSSR count). The molecule has 1 aliphatic carbocycles. The van der Waals surface area contributed by atoms with Gasteiger partial charge in [0.25, 0.3) is 11.6 Å². The summed E-state index contributed by atoms with van der Waals surface area (Å²) in [6.07, 6.45) is 3.01. The van der Waals surface area contributed by atoms with Gasteiger partial charge in [0.15, 0.2) is 6.61 Å². The van der Waals surface area contributed by atoms with E-state index in [9.17, 15) is 29.3 Å². The van der Waals surface area contributed by atoms with Crippen LogP contribution in [0.15, 0.2) is 18.2 Å². The van der Waals surface area contributed by atoms with Gasteiger partial charge in [0.1, 0.15) is 6.54 Å². The number of benzene rings is 1. The zero-order valence-electron chi connectivity index (χ0n) is 15.3. The maximum Gasteiger partial charge on any atom is 0.326 e. The summed E-state index contributed by atoms with van der Waals surface area (Å²) in [7, 11) is 0. The van der Waals surface area contributed by atoms with Crippen LogP contribution in [0.1, 0.15) is 25.7 Å². The summed E-state index contributed by atoms with van der Waals surface area (Å²) in [5.41, 5.74) is -0.273. The minimum atomic E-state index is -0.898. The molecule has 3 amide bonds. The number of ether oxygens (including phenoxy) is 1. The van der Waals surface area contributed by atoms with Crippen LogP contribution in [-0.4, -0.2) is 46.7 Å². The number of likely N-dealkylation sites (tertiary alicyclic amines) is 1. The van der Waals surface area contributed by atoms with Crippen LogP contribution in [0.5, 0.6) is 0 Å². The first-order chi connectivity index (χ1) is 13.8. The van der Waals surface area contributed by atoms with Gasteiger partial charge in [0, 0.05) is 12.1 Å². The Labute approximate surface area is 170 Å². The van der Waals surface area contributed by atoms with Crippen molar-refractivity contribution in [2.45, 2.75) is 25.7 Å². The van der Waals surface area contributed by atoms with E-state index < -0.39 is 30.0 Å². The molecule has 0 radical (unpaired) electrons. The van der Waals surface area contributed by atoms with Crippen molar-refractivity contribution in [1.82, 2.24) is 4.90 Å². The summed E-state index contributed by atoms with van der Waals surface area (Å²) in [6.45, 7) is -1.24. The average Bonchev–Trinajstić information content (AvgIpc) is 2.93. The molecule has 10 nitrogen and oxygen atoms in total. The number of anilines is 1. The highest BCUT2D eigenvalue weighted by atomic mass is 35.5. The molecule has 2 aliphatic rings. The second-order valence-corrected chi connectivity index (χ2v) is 7.30. The van der Waals surface area contributed by atoms with E-state index in [2.05, 4.69) is 5.32 Å². The molecular formula is C18H18ClN3O7. The van der Waals surface area contributed by atoms with Crippen LogP contribution < -0.4 is 5.32 Å². The van der Waals surface area contributed by atoms with Gasteiger partial charge in [0.05, 0.1) is 27.5 Å². The van der Waals surface area contributed by atoms with Crippen molar-refractivity contribution in [3.8, 4) is 0 Å². The molecule has 1 aliphatic heterocycles. The van der Waals surface area contributed by atoms with Crippen LogP contribution in [-0.2, 0) is 23.9 Å². The number of nitro groups is 1. The van der Waals surface area contributed by atoms with Crippen LogP contribution in [0.2, 0.25) is 5.02 Å². The summed E-state index contributed by atoms with van der Waals surface area (Å²) >= 11 is 5.89. The fourth-order valence-corrected chi connectivity index (χ4v) is 3.78.